The van der Waals surface area contributed by atoms with Crippen LogP contribution in [0.5, 0.6) is 0 Å². The van der Waals surface area contributed by atoms with Gasteiger partial charge in [0.15, 0.2) is 5.11 Å². The highest BCUT2D eigenvalue weighted by atomic mass is 32.1. The zero-order valence-electron chi connectivity index (χ0n) is 13.0. The van der Waals surface area contributed by atoms with Gasteiger partial charge in [0.2, 0.25) is 5.91 Å². The number of anilines is 1. The van der Waals surface area contributed by atoms with Crippen LogP contribution in [0.25, 0.3) is 6.08 Å². The third-order valence-corrected chi connectivity index (χ3v) is 3.28. The van der Waals surface area contributed by atoms with Crippen molar-refractivity contribution in [2.45, 2.75) is 13.8 Å². The van der Waals surface area contributed by atoms with E-state index in [0.717, 1.165) is 5.56 Å². The molecule has 2 aromatic rings. The molecule has 24 heavy (non-hydrogen) atoms. The van der Waals surface area contributed by atoms with Gasteiger partial charge in [0.1, 0.15) is 11.4 Å². The fourth-order valence-electron chi connectivity index (χ4n) is 2.09. The molecule has 0 aliphatic rings. The number of carbonyl (C=O) groups excluding carboxylic acids is 1. The van der Waals surface area contributed by atoms with E-state index in [-0.39, 0.29) is 16.5 Å². The van der Waals surface area contributed by atoms with Gasteiger partial charge in [-0.2, -0.15) is 0 Å². The molecule has 1 amide bonds. The van der Waals surface area contributed by atoms with Crippen molar-refractivity contribution in [3.63, 3.8) is 0 Å². The molecule has 124 valence electrons. The minimum Gasteiger partial charge on any atom is -0.465 e. The summed E-state index contributed by atoms with van der Waals surface area (Å²) < 4.78 is 5.06. The van der Waals surface area contributed by atoms with E-state index < -0.39 is 10.8 Å². The van der Waals surface area contributed by atoms with Crippen LogP contribution in [0.3, 0.4) is 0 Å². The number of rotatable bonds is 4. The maximum atomic E-state index is 11.8. The minimum absolute atomic E-state index is 0.0286. The number of nitro benzene ring substituents is 1. The Balaban J connectivity index is 2.07. The molecule has 0 aliphatic carbocycles. The van der Waals surface area contributed by atoms with E-state index in [0.29, 0.717) is 11.3 Å². The number of nitrogens with zero attached hydrogens (tertiary/aromatic N) is 1. The molecule has 0 unspecified atom stereocenters. The molecule has 0 saturated heterocycles. The van der Waals surface area contributed by atoms with E-state index in [2.05, 4.69) is 10.6 Å². The van der Waals surface area contributed by atoms with Crippen molar-refractivity contribution in [3.8, 4) is 0 Å². The van der Waals surface area contributed by atoms with Gasteiger partial charge in [-0.25, -0.2) is 0 Å². The molecule has 0 atom stereocenters. The van der Waals surface area contributed by atoms with Crippen LogP contribution < -0.4 is 10.6 Å². The van der Waals surface area contributed by atoms with Gasteiger partial charge in [-0.15, -0.1) is 0 Å². The van der Waals surface area contributed by atoms with Gasteiger partial charge in [0.25, 0.3) is 5.69 Å². The van der Waals surface area contributed by atoms with Crippen molar-refractivity contribution in [3.05, 3.63) is 63.6 Å². The zero-order valence-corrected chi connectivity index (χ0v) is 13.8. The molecule has 1 aromatic carbocycles. The molecule has 0 fully saturated rings. The van der Waals surface area contributed by atoms with Crippen LogP contribution in [-0.4, -0.2) is 15.9 Å². The van der Waals surface area contributed by atoms with Crippen molar-refractivity contribution in [2.75, 3.05) is 5.32 Å². The highest BCUT2D eigenvalue weighted by Gasteiger charge is 2.18. The lowest BCUT2D eigenvalue weighted by atomic mass is 10.1. The SMILES string of the molecule is Cc1cc(C)c(NC(=S)NC(=O)/C=C/c2ccco2)c([N+](=O)[O-])c1. The Morgan fingerprint density at radius 2 is 2.12 bits per heavy atom. The van der Waals surface area contributed by atoms with Crippen molar-refractivity contribution >= 4 is 40.7 Å². The zero-order chi connectivity index (χ0) is 17.7. The summed E-state index contributed by atoms with van der Waals surface area (Å²) >= 11 is 5.04. The molecular weight excluding hydrogens is 330 g/mol. The number of carbonyl (C=O) groups is 1. The highest BCUT2D eigenvalue weighted by Crippen LogP contribution is 2.29. The number of nitrogens with one attached hydrogen (secondary N) is 2. The maximum Gasteiger partial charge on any atom is 0.293 e. The summed E-state index contributed by atoms with van der Waals surface area (Å²) in [6.45, 7) is 3.49. The first kappa shape index (κ1) is 17.4. The molecular formula is C16H15N3O4S. The number of benzene rings is 1. The van der Waals surface area contributed by atoms with Gasteiger partial charge in [-0.05, 0) is 55.4 Å². The van der Waals surface area contributed by atoms with Crippen molar-refractivity contribution < 1.29 is 14.1 Å². The number of hydrogen-bond donors (Lipinski definition) is 2. The lowest BCUT2D eigenvalue weighted by Crippen LogP contribution is -2.33. The van der Waals surface area contributed by atoms with E-state index in [4.69, 9.17) is 16.6 Å². The monoisotopic (exact) mass is 345 g/mol. The molecule has 2 rings (SSSR count). The standard InChI is InChI=1S/C16H15N3O4S/c1-10-8-11(2)15(13(9-10)19(21)22)18-16(24)17-14(20)6-5-12-4-3-7-23-12/h3-9H,1-2H3,(H2,17,18,20,24)/b6-5+. The number of nitro groups is 1. The molecule has 7 nitrogen and oxygen atoms in total. The average molecular weight is 345 g/mol. The van der Waals surface area contributed by atoms with E-state index >= 15 is 0 Å². The van der Waals surface area contributed by atoms with Gasteiger partial charge in [-0.3, -0.25) is 20.2 Å². The summed E-state index contributed by atoms with van der Waals surface area (Å²) in [6, 6.07) is 6.62. The van der Waals surface area contributed by atoms with Crippen molar-refractivity contribution in [1.82, 2.24) is 5.32 Å². The molecule has 0 saturated carbocycles. The average Bonchev–Trinajstić information content (AvgIpc) is 3.00. The Morgan fingerprint density at radius 3 is 2.75 bits per heavy atom. The Kier molecular flexibility index (Phi) is 5.43. The van der Waals surface area contributed by atoms with Crippen molar-refractivity contribution in [2.24, 2.45) is 0 Å². The third kappa shape index (κ3) is 4.50. The Hall–Kier alpha value is -3.00. The van der Waals surface area contributed by atoms with Crippen LogP contribution in [0, 0.1) is 24.0 Å². The van der Waals surface area contributed by atoms with Crippen LogP contribution in [0.1, 0.15) is 16.9 Å². The fraction of sp³-hybridized carbons (Fsp3) is 0.125. The first-order valence-electron chi connectivity index (χ1n) is 6.96. The quantitative estimate of drug-likeness (QED) is 0.382. The number of thiocarbonyl (C=S) groups is 1. The summed E-state index contributed by atoms with van der Waals surface area (Å²) in [6.07, 6.45) is 4.23. The number of hydrogen-bond acceptors (Lipinski definition) is 5. The molecule has 0 spiro atoms. The van der Waals surface area contributed by atoms with Gasteiger partial charge in [-0.1, -0.05) is 6.07 Å². The van der Waals surface area contributed by atoms with Crippen LogP contribution >= 0.6 is 12.2 Å². The van der Waals surface area contributed by atoms with E-state index in [1.165, 1.54) is 24.5 Å². The smallest absolute Gasteiger partial charge is 0.293 e. The number of amides is 1. The first-order chi connectivity index (χ1) is 11.4. The summed E-state index contributed by atoms with van der Waals surface area (Å²) in [5.74, 6) is 0.0466. The molecule has 0 aliphatic heterocycles. The predicted molar refractivity (Wildman–Crippen MR) is 94.7 cm³/mol. The minimum atomic E-state index is -0.496. The second kappa shape index (κ2) is 7.51. The maximum absolute atomic E-state index is 11.8. The molecule has 1 aromatic heterocycles. The van der Waals surface area contributed by atoms with E-state index in [9.17, 15) is 14.9 Å². The summed E-state index contributed by atoms with van der Waals surface area (Å²) in [4.78, 5) is 22.5. The van der Waals surface area contributed by atoms with Gasteiger partial charge >= 0.3 is 0 Å². The molecule has 1 heterocycles. The lowest BCUT2D eigenvalue weighted by Gasteiger charge is -2.12. The Bertz CT molecular complexity index is 813. The van der Waals surface area contributed by atoms with Gasteiger partial charge in [0.05, 0.1) is 11.2 Å². The second-order valence-corrected chi connectivity index (χ2v) is 5.43. The fourth-order valence-corrected chi connectivity index (χ4v) is 2.30. The second-order valence-electron chi connectivity index (χ2n) is 5.03. The Labute approximate surface area is 143 Å². The molecule has 0 radical (unpaired) electrons. The van der Waals surface area contributed by atoms with Crippen LogP contribution in [0.15, 0.2) is 41.0 Å². The van der Waals surface area contributed by atoms with Crippen molar-refractivity contribution in [1.29, 1.82) is 0 Å². The Morgan fingerprint density at radius 1 is 1.38 bits per heavy atom. The normalized spacial score (nSPS) is 10.6. The molecule has 0 bridgehead atoms. The summed E-state index contributed by atoms with van der Waals surface area (Å²) in [5.41, 5.74) is 1.58. The first-order valence-corrected chi connectivity index (χ1v) is 7.37. The van der Waals surface area contributed by atoms with Crippen LogP contribution in [0.4, 0.5) is 11.4 Å². The lowest BCUT2D eigenvalue weighted by molar-refractivity contribution is -0.384. The topological polar surface area (TPSA) is 97.4 Å². The van der Waals surface area contributed by atoms with E-state index in [1.54, 1.807) is 32.0 Å². The highest BCUT2D eigenvalue weighted by molar-refractivity contribution is 7.80. The summed E-state index contributed by atoms with van der Waals surface area (Å²) in [5, 5.41) is 16.3. The number of aryl methyl sites for hydroxylation is 2. The third-order valence-electron chi connectivity index (χ3n) is 3.07. The van der Waals surface area contributed by atoms with Gasteiger partial charge < -0.3 is 9.73 Å². The molecule has 2 N–H and O–H groups in total. The largest absolute Gasteiger partial charge is 0.465 e. The van der Waals surface area contributed by atoms with Gasteiger partial charge in [0, 0.05) is 12.1 Å². The van der Waals surface area contributed by atoms with Crippen LogP contribution in [-0.2, 0) is 4.79 Å². The van der Waals surface area contributed by atoms with E-state index in [1.807, 2.05) is 0 Å². The number of furan rings is 1. The summed E-state index contributed by atoms with van der Waals surface area (Å²) in [7, 11) is 0. The van der Waals surface area contributed by atoms with Crippen LogP contribution in [0.2, 0.25) is 0 Å². The molecule has 8 heteroatoms. The predicted octanol–water partition coefficient (Wildman–Crippen LogP) is 3.33.